The van der Waals surface area contributed by atoms with Crippen LogP contribution in [0.4, 0.5) is 5.82 Å². The molecule has 0 spiro atoms. The first-order valence-electron chi connectivity index (χ1n) is 9.04. The van der Waals surface area contributed by atoms with Crippen LogP contribution in [0.5, 0.6) is 11.5 Å². The summed E-state index contributed by atoms with van der Waals surface area (Å²) in [5.41, 5.74) is 1.55. The molecule has 6 nitrogen and oxygen atoms in total. The zero-order chi connectivity index (χ0) is 17.1. The van der Waals surface area contributed by atoms with Gasteiger partial charge in [0.25, 0.3) is 5.91 Å². The standard InChI is InChI=1S/C19H23N3O3/c23-19(15-7-4-8-16-18(15)25-10-9-24-16)20-17-12-14(21-22-17)11-13-5-2-1-3-6-13/h4,7-8,12-13H,1-3,5-6,9-11H2,(H2,20,21,22,23). The van der Waals surface area contributed by atoms with Gasteiger partial charge < -0.3 is 14.8 Å². The number of ether oxygens (including phenoxy) is 2. The summed E-state index contributed by atoms with van der Waals surface area (Å²) in [7, 11) is 0. The van der Waals surface area contributed by atoms with Crippen LogP contribution in [-0.4, -0.2) is 29.3 Å². The SMILES string of the molecule is O=C(Nc1cc(CC2CCCCC2)[nH]n1)c1cccc2c1OCCO2. The number of hydrogen-bond acceptors (Lipinski definition) is 4. The van der Waals surface area contributed by atoms with Crippen molar-refractivity contribution in [2.45, 2.75) is 38.5 Å². The van der Waals surface area contributed by atoms with Gasteiger partial charge in [-0.15, -0.1) is 0 Å². The van der Waals surface area contributed by atoms with Gasteiger partial charge >= 0.3 is 0 Å². The van der Waals surface area contributed by atoms with Crippen LogP contribution < -0.4 is 14.8 Å². The lowest BCUT2D eigenvalue weighted by Crippen LogP contribution is -2.20. The normalized spacial score (nSPS) is 17.3. The Morgan fingerprint density at radius 2 is 2.04 bits per heavy atom. The van der Waals surface area contributed by atoms with Crippen molar-refractivity contribution in [3.05, 3.63) is 35.5 Å². The van der Waals surface area contributed by atoms with E-state index >= 15 is 0 Å². The quantitative estimate of drug-likeness (QED) is 0.891. The third kappa shape index (κ3) is 3.62. The molecule has 1 amide bonds. The molecule has 4 rings (SSSR count). The van der Waals surface area contributed by atoms with Gasteiger partial charge in [0.1, 0.15) is 13.2 Å². The molecule has 1 fully saturated rings. The molecular weight excluding hydrogens is 318 g/mol. The van der Waals surface area contributed by atoms with E-state index in [-0.39, 0.29) is 5.91 Å². The van der Waals surface area contributed by atoms with Crippen LogP contribution in [0.15, 0.2) is 24.3 Å². The van der Waals surface area contributed by atoms with Crippen molar-refractivity contribution in [1.82, 2.24) is 10.2 Å². The number of nitrogens with one attached hydrogen (secondary N) is 2. The van der Waals surface area contributed by atoms with Crippen molar-refractivity contribution in [2.24, 2.45) is 5.92 Å². The number of H-pyrrole nitrogens is 1. The summed E-state index contributed by atoms with van der Waals surface area (Å²) in [6.07, 6.45) is 7.57. The second kappa shape index (κ2) is 7.17. The largest absolute Gasteiger partial charge is 0.486 e. The number of rotatable bonds is 4. The van der Waals surface area contributed by atoms with Crippen molar-refractivity contribution >= 4 is 11.7 Å². The van der Waals surface area contributed by atoms with Gasteiger partial charge in [-0.25, -0.2) is 0 Å². The predicted octanol–water partition coefficient (Wildman–Crippen LogP) is 3.56. The van der Waals surface area contributed by atoms with Crippen LogP contribution in [0.2, 0.25) is 0 Å². The van der Waals surface area contributed by atoms with Crippen LogP contribution in [0.1, 0.15) is 48.2 Å². The van der Waals surface area contributed by atoms with E-state index in [0.717, 1.165) is 18.0 Å². The number of aromatic amines is 1. The molecule has 1 saturated carbocycles. The Hall–Kier alpha value is -2.50. The molecule has 1 aliphatic heterocycles. The van der Waals surface area contributed by atoms with Crippen molar-refractivity contribution in [3.8, 4) is 11.5 Å². The van der Waals surface area contributed by atoms with Crippen LogP contribution in [0.3, 0.4) is 0 Å². The average molecular weight is 341 g/mol. The first-order chi connectivity index (χ1) is 12.3. The Morgan fingerprint density at radius 1 is 1.20 bits per heavy atom. The van der Waals surface area contributed by atoms with Gasteiger partial charge in [0.15, 0.2) is 17.3 Å². The maximum Gasteiger partial charge on any atom is 0.260 e. The van der Waals surface area contributed by atoms with E-state index in [1.165, 1.54) is 32.1 Å². The summed E-state index contributed by atoms with van der Waals surface area (Å²) in [4.78, 5) is 12.6. The molecule has 2 N–H and O–H groups in total. The van der Waals surface area contributed by atoms with Crippen LogP contribution in [0, 0.1) is 5.92 Å². The number of hydrogen-bond donors (Lipinski definition) is 2. The highest BCUT2D eigenvalue weighted by Crippen LogP contribution is 2.34. The Bertz CT molecular complexity index is 750. The second-order valence-corrected chi connectivity index (χ2v) is 6.77. The van der Waals surface area contributed by atoms with E-state index in [4.69, 9.17) is 9.47 Å². The van der Waals surface area contributed by atoms with Gasteiger partial charge in [-0.3, -0.25) is 9.89 Å². The van der Waals surface area contributed by atoms with Crippen molar-refractivity contribution in [3.63, 3.8) is 0 Å². The number of anilines is 1. The number of para-hydroxylation sites is 1. The molecule has 1 aromatic carbocycles. The zero-order valence-electron chi connectivity index (χ0n) is 14.2. The molecule has 2 heterocycles. The Labute approximate surface area is 146 Å². The minimum absolute atomic E-state index is 0.238. The Kier molecular flexibility index (Phi) is 4.59. The minimum Gasteiger partial charge on any atom is -0.486 e. The van der Waals surface area contributed by atoms with Gasteiger partial charge in [0.05, 0.1) is 5.56 Å². The molecule has 0 bridgehead atoms. The van der Waals surface area contributed by atoms with E-state index in [2.05, 4.69) is 15.5 Å². The van der Waals surface area contributed by atoms with Gasteiger partial charge in [-0.1, -0.05) is 38.2 Å². The first-order valence-corrected chi connectivity index (χ1v) is 9.04. The molecule has 2 aromatic rings. The molecule has 0 radical (unpaired) electrons. The predicted molar refractivity (Wildman–Crippen MR) is 94.3 cm³/mol. The number of fused-ring (bicyclic) bond motifs is 1. The van der Waals surface area contributed by atoms with E-state index in [9.17, 15) is 4.79 Å². The molecule has 0 unspecified atom stereocenters. The zero-order valence-corrected chi connectivity index (χ0v) is 14.2. The first kappa shape index (κ1) is 16.0. The van der Waals surface area contributed by atoms with Crippen LogP contribution in [-0.2, 0) is 6.42 Å². The second-order valence-electron chi connectivity index (χ2n) is 6.77. The smallest absolute Gasteiger partial charge is 0.260 e. The fraction of sp³-hybridized carbons (Fsp3) is 0.474. The third-order valence-corrected chi connectivity index (χ3v) is 4.92. The highest BCUT2D eigenvalue weighted by molar-refractivity contribution is 6.06. The number of aromatic nitrogens is 2. The van der Waals surface area contributed by atoms with Crippen molar-refractivity contribution in [1.29, 1.82) is 0 Å². The summed E-state index contributed by atoms with van der Waals surface area (Å²) < 4.78 is 11.1. The Morgan fingerprint density at radius 3 is 2.92 bits per heavy atom. The summed E-state index contributed by atoms with van der Waals surface area (Å²) in [5.74, 6) is 2.15. The summed E-state index contributed by atoms with van der Waals surface area (Å²) >= 11 is 0. The lowest BCUT2D eigenvalue weighted by Gasteiger charge is -2.20. The number of carbonyl (C=O) groups excluding carboxylic acids is 1. The summed E-state index contributed by atoms with van der Waals surface area (Å²) in [5, 5.41) is 10.1. The lowest BCUT2D eigenvalue weighted by molar-refractivity contribution is 0.101. The molecule has 6 heteroatoms. The minimum atomic E-state index is -0.238. The topological polar surface area (TPSA) is 76.2 Å². The molecule has 1 aliphatic carbocycles. The van der Waals surface area contributed by atoms with Crippen LogP contribution in [0.25, 0.3) is 0 Å². The monoisotopic (exact) mass is 341 g/mol. The average Bonchev–Trinajstić information content (AvgIpc) is 3.09. The summed E-state index contributed by atoms with van der Waals surface area (Å²) in [6, 6.07) is 7.27. The number of benzene rings is 1. The van der Waals surface area contributed by atoms with E-state index in [1.54, 1.807) is 12.1 Å². The van der Waals surface area contributed by atoms with E-state index in [1.807, 2.05) is 12.1 Å². The van der Waals surface area contributed by atoms with Gasteiger partial charge in [-0.2, -0.15) is 5.10 Å². The van der Waals surface area contributed by atoms with Gasteiger partial charge in [0.2, 0.25) is 0 Å². The molecule has 25 heavy (non-hydrogen) atoms. The van der Waals surface area contributed by atoms with Crippen LogP contribution >= 0.6 is 0 Å². The molecule has 0 saturated heterocycles. The fourth-order valence-electron chi connectivity index (χ4n) is 3.67. The Balaban J connectivity index is 1.43. The molecule has 132 valence electrons. The maximum atomic E-state index is 12.6. The molecule has 1 aromatic heterocycles. The fourth-order valence-corrected chi connectivity index (χ4v) is 3.67. The highest BCUT2D eigenvalue weighted by Gasteiger charge is 2.21. The molecular formula is C19H23N3O3. The summed E-state index contributed by atoms with van der Waals surface area (Å²) in [6.45, 7) is 0.952. The maximum absolute atomic E-state index is 12.6. The number of carbonyl (C=O) groups is 1. The molecule has 0 atom stereocenters. The van der Waals surface area contributed by atoms with Crippen molar-refractivity contribution in [2.75, 3.05) is 18.5 Å². The third-order valence-electron chi connectivity index (χ3n) is 4.92. The van der Waals surface area contributed by atoms with E-state index < -0.39 is 0 Å². The number of nitrogens with zero attached hydrogens (tertiary/aromatic N) is 1. The van der Waals surface area contributed by atoms with Gasteiger partial charge in [0, 0.05) is 11.8 Å². The lowest BCUT2D eigenvalue weighted by atomic mass is 9.86. The van der Waals surface area contributed by atoms with Gasteiger partial charge in [-0.05, 0) is 24.5 Å². The van der Waals surface area contributed by atoms with Crippen molar-refractivity contribution < 1.29 is 14.3 Å². The van der Waals surface area contributed by atoms with E-state index in [0.29, 0.717) is 36.1 Å². The highest BCUT2D eigenvalue weighted by atomic mass is 16.6. The number of amides is 1. The molecule has 2 aliphatic rings.